The summed E-state index contributed by atoms with van der Waals surface area (Å²) in [6, 6.07) is 0. The van der Waals surface area contributed by atoms with Gasteiger partial charge in [-0.05, 0) is 0 Å². The Labute approximate surface area is 71.5 Å². The SMILES string of the molecule is I.[I][Fe][I]. The Balaban J connectivity index is 0. The Kier molecular flexibility index (Phi) is 22.7. The normalized spacial score (nSPS) is 5.50. The van der Waals surface area contributed by atoms with E-state index in [2.05, 4.69) is 40.7 Å². The molecule has 0 heterocycles. The van der Waals surface area contributed by atoms with E-state index in [1.165, 1.54) is 8.46 Å². The second kappa shape index (κ2) is 9.20. The fourth-order valence-corrected chi connectivity index (χ4v) is 0. The fraction of sp³-hybridized carbons (Fsp3) is 0. The van der Waals surface area contributed by atoms with Gasteiger partial charge in [0.05, 0.1) is 0 Å². The van der Waals surface area contributed by atoms with Crippen LogP contribution >= 0.6 is 64.7 Å². The molecule has 0 fully saturated rings. The van der Waals surface area contributed by atoms with E-state index >= 15 is 0 Å². The van der Waals surface area contributed by atoms with Crippen molar-refractivity contribution in [2.45, 2.75) is 0 Å². The zero-order chi connectivity index (χ0) is 2.71. The summed E-state index contributed by atoms with van der Waals surface area (Å²) in [5.74, 6) is 0. The van der Waals surface area contributed by atoms with Crippen molar-refractivity contribution in [1.82, 2.24) is 0 Å². The van der Waals surface area contributed by atoms with Gasteiger partial charge in [-0.15, -0.1) is 24.0 Å². The average molecular weight is 438 g/mol. The van der Waals surface area contributed by atoms with Gasteiger partial charge in [-0.3, -0.25) is 0 Å². The molecular formula is HFeI3. The second-order valence-corrected chi connectivity index (χ2v) is 9.37. The predicted molar refractivity (Wildman–Crippen MR) is 43.5 cm³/mol. The molecule has 0 atom stereocenters. The van der Waals surface area contributed by atoms with Crippen molar-refractivity contribution in [2.75, 3.05) is 0 Å². The van der Waals surface area contributed by atoms with Crippen LogP contribution in [0.15, 0.2) is 0 Å². The Morgan fingerprint density at radius 1 is 1.25 bits per heavy atom. The number of hydrogen-bond acceptors (Lipinski definition) is 0. The van der Waals surface area contributed by atoms with Gasteiger partial charge in [0.15, 0.2) is 0 Å². The van der Waals surface area contributed by atoms with E-state index in [0.717, 1.165) is 0 Å². The first kappa shape index (κ1) is 9.86. The molecule has 4 heteroatoms. The number of rotatable bonds is 0. The molecule has 0 amide bonds. The van der Waals surface area contributed by atoms with Crippen LogP contribution in [0, 0.1) is 0 Å². The molecule has 0 aliphatic rings. The predicted octanol–water partition coefficient (Wildman–Crippen LogP) is 2.39. The van der Waals surface area contributed by atoms with Gasteiger partial charge in [0, 0.05) is 0 Å². The molecule has 0 rings (SSSR count). The summed E-state index contributed by atoms with van der Waals surface area (Å²) in [7, 11) is 1.19. The van der Waals surface area contributed by atoms with Crippen molar-refractivity contribution in [2.24, 2.45) is 0 Å². The molecule has 0 aromatic rings. The van der Waals surface area contributed by atoms with E-state index in [4.69, 9.17) is 0 Å². The molecule has 0 bridgehead atoms. The molecule has 4 heavy (non-hydrogen) atoms. The molecule has 0 radical (unpaired) electrons. The summed E-state index contributed by atoms with van der Waals surface area (Å²) in [5.41, 5.74) is 0. The van der Waals surface area contributed by atoms with Crippen molar-refractivity contribution in [3.63, 3.8) is 0 Å². The van der Waals surface area contributed by atoms with Crippen LogP contribution in [-0.2, 0) is 8.46 Å². The van der Waals surface area contributed by atoms with Crippen LogP contribution in [-0.4, -0.2) is 0 Å². The van der Waals surface area contributed by atoms with E-state index < -0.39 is 0 Å². The minimum atomic E-state index is 0. The molecule has 0 aromatic carbocycles. The Hall–Kier alpha value is 2.71. The topological polar surface area (TPSA) is 0 Å². The molecular weight excluding hydrogens is 437 g/mol. The Morgan fingerprint density at radius 3 is 1.25 bits per heavy atom. The molecule has 0 unspecified atom stereocenters. The molecule has 0 N–H and O–H groups in total. The zero-order valence-corrected chi connectivity index (χ0v) is 9.27. The summed E-state index contributed by atoms with van der Waals surface area (Å²) in [5, 5.41) is 0. The van der Waals surface area contributed by atoms with Gasteiger partial charge in [-0.1, -0.05) is 0 Å². The van der Waals surface area contributed by atoms with Crippen molar-refractivity contribution < 1.29 is 8.46 Å². The molecule has 30 valence electrons. The first-order valence-corrected chi connectivity index (χ1v) is 7.39. The van der Waals surface area contributed by atoms with E-state index in [1.54, 1.807) is 0 Å². The molecule has 0 saturated carbocycles. The summed E-state index contributed by atoms with van der Waals surface area (Å²) < 4.78 is 0. The minimum absolute atomic E-state index is 0. The van der Waals surface area contributed by atoms with Crippen LogP contribution in [0.25, 0.3) is 0 Å². The van der Waals surface area contributed by atoms with Gasteiger partial charge in [-0.25, -0.2) is 0 Å². The van der Waals surface area contributed by atoms with E-state index in [-0.39, 0.29) is 24.0 Å². The van der Waals surface area contributed by atoms with E-state index in [9.17, 15) is 0 Å². The van der Waals surface area contributed by atoms with Gasteiger partial charge in [0.1, 0.15) is 0 Å². The summed E-state index contributed by atoms with van der Waals surface area (Å²) in [6.07, 6.45) is 0. The molecule has 0 spiro atoms. The van der Waals surface area contributed by atoms with Crippen LogP contribution < -0.4 is 0 Å². The standard InChI is InChI=1S/Fe.3HI/h;3*1H/q+2;;;/p-2. The quantitative estimate of drug-likeness (QED) is 0.403. The van der Waals surface area contributed by atoms with Gasteiger partial charge in [0.2, 0.25) is 0 Å². The van der Waals surface area contributed by atoms with Crippen molar-refractivity contribution in [1.29, 1.82) is 0 Å². The molecule has 0 nitrogen and oxygen atoms in total. The number of hydrogen-bond donors (Lipinski definition) is 0. The van der Waals surface area contributed by atoms with Crippen LogP contribution in [0.4, 0.5) is 0 Å². The molecule has 0 aliphatic carbocycles. The molecule has 0 aromatic heterocycles. The Bertz CT molecular complexity index is 3.25. The van der Waals surface area contributed by atoms with Crippen LogP contribution in [0.2, 0.25) is 0 Å². The van der Waals surface area contributed by atoms with E-state index in [1.807, 2.05) is 0 Å². The maximum atomic E-state index is 2.28. The van der Waals surface area contributed by atoms with Crippen molar-refractivity contribution in [3.8, 4) is 0 Å². The Morgan fingerprint density at radius 2 is 1.25 bits per heavy atom. The van der Waals surface area contributed by atoms with Gasteiger partial charge in [0.25, 0.3) is 0 Å². The summed E-state index contributed by atoms with van der Waals surface area (Å²) >= 11 is 4.55. The maximum absolute atomic E-state index is 2.28. The summed E-state index contributed by atoms with van der Waals surface area (Å²) in [4.78, 5) is 0. The fourth-order valence-electron chi connectivity index (χ4n) is 0. The first-order valence-electron chi connectivity index (χ1n) is 0.267. The van der Waals surface area contributed by atoms with Crippen LogP contribution in [0.5, 0.6) is 0 Å². The third-order valence-corrected chi connectivity index (χ3v) is 0. The second-order valence-electron chi connectivity index (χ2n) is 0.0505. The van der Waals surface area contributed by atoms with E-state index in [0.29, 0.717) is 0 Å². The monoisotopic (exact) mass is 438 g/mol. The third-order valence-electron chi connectivity index (χ3n) is 0. The van der Waals surface area contributed by atoms with Gasteiger partial charge in [-0.2, -0.15) is 0 Å². The van der Waals surface area contributed by atoms with Crippen LogP contribution in [0.3, 0.4) is 0 Å². The van der Waals surface area contributed by atoms with Crippen molar-refractivity contribution in [3.05, 3.63) is 0 Å². The number of halogens is 3. The average Bonchev–Trinajstić information content (AvgIpc) is 0.918. The summed E-state index contributed by atoms with van der Waals surface area (Å²) in [6.45, 7) is 0. The third kappa shape index (κ3) is 8.83. The van der Waals surface area contributed by atoms with Gasteiger partial charge < -0.3 is 0 Å². The zero-order valence-electron chi connectivity index (χ0n) is 1.52. The van der Waals surface area contributed by atoms with Gasteiger partial charge >= 0.3 is 49.1 Å². The first-order chi connectivity index (χ1) is 1.41. The molecule has 0 aliphatic heterocycles. The van der Waals surface area contributed by atoms with Crippen LogP contribution in [0.1, 0.15) is 0 Å². The van der Waals surface area contributed by atoms with Crippen molar-refractivity contribution >= 4 is 64.7 Å². The molecule has 0 saturated heterocycles.